The lowest BCUT2D eigenvalue weighted by Gasteiger charge is -2.09. The molecule has 5 aromatic rings. The van der Waals surface area contributed by atoms with Gasteiger partial charge in [0.15, 0.2) is 11.5 Å². The summed E-state index contributed by atoms with van der Waals surface area (Å²) in [4.78, 5) is 26.1. The van der Waals surface area contributed by atoms with Gasteiger partial charge in [0.1, 0.15) is 0 Å². The van der Waals surface area contributed by atoms with Gasteiger partial charge in [0.2, 0.25) is 0 Å². The summed E-state index contributed by atoms with van der Waals surface area (Å²) in [5.74, 6) is -0.171. The summed E-state index contributed by atoms with van der Waals surface area (Å²) in [5, 5.41) is 6.93. The number of aryl methyl sites for hydroxylation is 1. The largest absolute Gasteiger partial charge is 0.416 e. The van der Waals surface area contributed by atoms with Crippen molar-refractivity contribution in [2.45, 2.75) is 13.1 Å². The van der Waals surface area contributed by atoms with Crippen molar-refractivity contribution in [1.29, 1.82) is 0 Å². The summed E-state index contributed by atoms with van der Waals surface area (Å²) in [7, 11) is 0. The SMILES string of the molecule is Cc1cccc(-n2nc(C(=O)Nc3cccc(C(F)(F)F)c3)cc2-c2ccc3nccnc3c2)n1. The first kappa shape index (κ1) is 22.2. The Labute approximate surface area is 197 Å². The van der Waals surface area contributed by atoms with Crippen LogP contribution in [0.3, 0.4) is 0 Å². The minimum atomic E-state index is -4.52. The lowest BCUT2D eigenvalue weighted by molar-refractivity contribution is -0.137. The van der Waals surface area contributed by atoms with Crippen LogP contribution in [0.5, 0.6) is 0 Å². The van der Waals surface area contributed by atoms with Gasteiger partial charge in [-0.05, 0) is 55.5 Å². The van der Waals surface area contributed by atoms with Gasteiger partial charge in [-0.25, -0.2) is 9.67 Å². The van der Waals surface area contributed by atoms with E-state index in [0.717, 1.165) is 17.8 Å². The van der Waals surface area contributed by atoms with Gasteiger partial charge in [0, 0.05) is 29.3 Å². The van der Waals surface area contributed by atoms with E-state index < -0.39 is 17.6 Å². The van der Waals surface area contributed by atoms with Gasteiger partial charge >= 0.3 is 6.18 Å². The molecule has 0 bridgehead atoms. The van der Waals surface area contributed by atoms with E-state index in [0.29, 0.717) is 28.1 Å². The first-order chi connectivity index (χ1) is 16.8. The fourth-order valence-electron chi connectivity index (χ4n) is 3.61. The topological polar surface area (TPSA) is 85.6 Å². The average Bonchev–Trinajstić information content (AvgIpc) is 3.29. The van der Waals surface area contributed by atoms with Crippen molar-refractivity contribution in [1.82, 2.24) is 24.7 Å². The van der Waals surface area contributed by atoms with E-state index in [9.17, 15) is 18.0 Å². The first-order valence-electron chi connectivity index (χ1n) is 10.5. The van der Waals surface area contributed by atoms with Gasteiger partial charge in [-0.15, -0.1) is 0 Å². The average molecular weight is 474 g/mol. The number of pyridine rings is 1. The van der Waals surface area contributed by atoms with E-state index in [1.165, 1.54) is 16.8 Å². The third-order valence-electron chi connectivity index (χ3n) is 5.25. The molecule has 7 nitrogen and oxygen atoms in total. The number of benzene rings is 2. The van der Waals surface area contributed by atoms with Crippen molar-refractivity contribution in [2.24, 2.45) is 0 Å². The number of hydrogen-bond donors (Lipinski definition) is 1. The molecular weight excluding hydrogens is 457 g/mol. The zero-order valence-electron chi connectivity index (χ0n) is 18.3. The monoisotopic (exact) mass is 474 g/mol. The van der Waals surface area contributed by atoms with Crippen LogP contribution in [0.1, 0.15) is 21.7 Å². The van der Waals surface area contributed by atoms with Gasteiger partial charge in [-0.1, -0.05) is 18.2 Å². The molecule has 10 heteroatoms. The lowest BCUT2D eigenvalue weighted by Crippen LogP contribution is -2.14. The van der Waals surface area contributed by atoms with E-state index in [2.05, 4.69) is 25.4 Å². The third kappa shape index (κ3) is 4.58. The minimum absolute atomic E-state index is 0.00980. The van der Waals surface area contributed by atoms with E-state index in [1.807, 2.05) is 31.2 Å². The number of nitrogens with zero attached hydrogens (tertiary/aromatic N) is 5. The maximum Gasteiger partial charge on any atom is 0.416 e. The van der Waals surface area contributed by atoms with Crippen LogP contribution in [0, 0.1) is 6.92 Å². The maximum absolute atomic E-state index is 13.1. The Bertz CT molecular complexity index is 1560. The van der Waals surface area contributed by atoms with Crippen molar-refractivity contribution < 1.29 is 18.0 Å². The van der Waals surface area contributed by atoms with Crippen molar-refractivity contribution >= 4 is 22.6 Å². The van der Waals surface area contributed by atoms with Crippen molar-refractivity contribution in [3.63, 3.8) is 0 Å². The van der Waals surface area contributed by atoms with E-state index >= 15 is 0 Å². The lowest BCUT2D eigenvalue weighted by atomic mass is 10.1. The molecule has 0 saturated carbocycles. The molecule has 1 amide bonds. The number of alkyl halides is 3. The van der Waals surface area contributed by atoms with Gasteiger partial charge in [0.05, 0.1) is 22.3 Å². The second-order valence-corrected chi connectivity index (χ2v) is 7.76. The van der Waals surface area contributed by atoms with Crippen LogP contribution < -0.4 is 5.32 Å². The summed E-state index contributed by atoms with van der Waals surface area (Å²) in [6.45, 7) is 1.83. The number of halogens is 3. The molecule has 3 heterocycles. The summed E-state index contributed by atoms with van der Waals surface area (Å²) < 4.78 is 40.7. The van der Waals surface area contributed by atoms with Crippen LogP contribution in [0.25, 0.3) is 28.1 Å². The molecule has 0 fully saturated rings. The second-order valence-electron chi connectivity index (χ2n) is 7.76. The molecule has 0 spiro atoms. The second kappa shape index (κ2) is 8.64. The van der Waals surface area contributed by atoms with Crippen LogP contribution in [-0.2, 0) is 6.18 Å². The number of nitrogens with one attached hydrogen (secondary N) is 1. The van der Waals surface area contributed by atoms with E-state index in [-0.39, 0.29) is 11.4 Å². The Balaban J connectivity index is 1.56. The standard InChI is InChI=1S/C25H17F3N6O/c1-15-4-2-7-23(31-15)34-22(16-8-9-19-20(12-16)30-11-10-29-19)14-21(33-34)24(35)32-18-6-3-5-17(13-18)25(26,27)28/h2-14H,1H3,(H,32,35). The molecule has 174 valence electrons. The highest BCUT2D eigenvalue weighted by Gasteiger charge is 2.30. The van der Waals surface area contributed by atoms with Gasteiger partial charge in [0.25, 0.3) is 5.91 Å². The van der Waals surface area contributed by atoms with Crippen molar-refractivity contribution in [2.75, 3.05) is 5.32 Å². The zero-order valence-corrected chi connectivity index (χ0v) is 18.3. The number of hydrogen-bond acceptors (Lipinski definition) is 5. The summed E-state index contributed by atoms with van der Waals surface area (Å²) >= 11 is 0. The number of fused-ring (bicyclic) bond motifs is 1. The summed E-state index contributed by atoms with van der Waals surface area (Å²) in [6.07, 6.45) is -1.34. The number of rotatable bonds is 4. The minimum Gasteiger partial charge on any atom is -0.321 e. The fourth-order valence-corrected chi connectivity index (χ4v) is 3.61. The Morgan fingerprint density at radius 2 is 1.69 bits per heavy atom. The molecule has 0 radical (unpaired) electrons. The zero-order chi connectivity index (χ0) is 24.6. The Hall–Kier alpha value is -4.60. The molecule has 0 atom stereocenters. The van der Waals surface area contributed by atoms with Crippen LogP contribution >= 0.6 is 0 Å². The number of amides is 1. The molecular formula is C25H17F3N6O. The Morgan fingerprint density at radius 3 is 2.46 bits per heavy atom. The highest BCUT2D eigenvalue weighted by atomic mass is 19.4. The quantitative estimate of drug-likeness (QED) is 0.374. The highest BCUT2D eigenvalue weighted by Crippen LogP contribution is 2.31. The highest BCUT2D eigenvalue weighted by molar-refractivity contribution is 6.03. The van der Waals surface area contributed by atoms with Crippen LogP contribution in [0.15, 0.2) is 79.1 Å². The normalized spacial score (nSPS) is 11.5. The molecule has 1 N–H and O–H groups in total. The smallest absolute Gasteiger partial charge is 0.321 e. The van der Waals surface area contributed by atoms with Gasteiger partial charge in [-0.2, -0.15) is 18.3 Å². The molecule has 35 heavy (non-hydrogen) atoms. The molecule has 0 saturated heterocycles. The van der Waals surface area contributed by atoms with Crippen LogP contribution in [0.4, 0.5) is 18.9 Å². The van der Waals surface area contributed by atoms with Crippen LogP contribution in [0.2, 0.25) is 0 Å². The molecule has 0 aliphatic heterocycles. The Morgan fingerprint density at radius 1 is 0.914 bits per heavy atom. The first-order valence-corrected chi connectivity index (χ1v) is 10.5. The molecule has 5 rings (SSSR count). The van der Waals surface area contributed by atoms with Crippen LogP contribution in [-0.4, -0.2) is 30.6 Å². The molecule has 0 unspecified atom stereocenters. The summed E-state index contributed by atoms with van der Waals surface area (Å²) in [6, 6.07) is 16.8. The Kier molecular flexibility index (Phi) is 5.48. The molecule has 3 aromatic heterocycles. The number of aromatic nitrogens is 5. The predicted molar refractivity (Wildman–Crippen MR) is 124 cm³/mol. The van der Waals surface area contributed by atoms with E-state index in [4.69, 9.17) is 0 Å². The number of carbonyl (C=O) groups is 1. The summed E-state index contributed by atoms with van der Waals surface area (Å²) in [5.41, 5.74) is 2.56. The molecule has 2 aromatic carbocycles. The third-order valence-corrected chi connectivity index (χ3v) is 5.25. The maximum atomic E-state index is 13.1. The molecule has 0 aliphatic rings. The van der Waals surface area contributed by atoms with Gasteiger partial charge < -0.3 is 5.32 Å². The predicted octanol–water partition coefficient (Wildman–Crippen LogP) is 5.46. The number of carbonyl (C=O) groups excluding carboxylic acids is 1. The fraction of sp³-hybridized carbons (Fsp3) is 0.0800. The van der Waals surface area contributed by atoms with Crippen molar-refractivity contribution in [3.05, 3.63) is 96.1 Å². The van der Waals surface area contributed by atoms with Gasteiger partial charge in [-0.3, -0.25) is 14.8 Å². The van der Waals surface area contributed by atoms with Crippen molar-refractivity contribution in [3.8, 4) is 17.1 Å². The number of anilines is 1. The van der Waals surface area contributed by atoms with E-state index in [1.54, 1.807) is 30.6 Å². The molecule has 0 aliphatic carbocycles.